The summed E-state index contributed by atoms with van der Waals surface area (Å²) in [5.74, 6) is 0. The first-order chi connectivity index (χ1) is 10.9. The molecule has 1 aliphatic heterocycles. The van der Waals surface area contributed by atoms with E-state index >= 15 is 0 Å². The molecular weight excluding hydrogens is 274 g/mol. The lowest BCUT2D eigenvalue weighted by atomic mass is 10.2. The van der Waals surface area contributed by atoms with E-state index in [9.17, 15) is 0 Å². The molecule has 2 heterocycles. The molecule has 116 valence electrons. The molecule has 1 aliphatic rings. The second kappa shape index (κ2) is 7.92. The minimum Gasteiger partial charge on any atom is -0.379 e. The Morgan fingerprint density at radius 3 is 2.59 bits per heavy atom. The average Bonchev–Trinajstić information content (AvgIpc) is 2.61. The Morgan fingerprint density at radius 1 is 1.05 bits per heavy atom. The quantitative estimate of drug-likeness (QED) is 0.819. The van der Waals surface area contributed by atoms with Crippen LogP contribution in [0.4, 0.5) is 5.69 Å². The van der Waals surface area contributed by atoms with Crippen molar-refractivity contribution >= 4 is 5.69 Å². The zero-order chi connectivity index (χ0) is 15.0. The molecule has 1 aromatic carbocycles. The number of benzene rings is 1. The molecule has 0 bridgehead atoms. The third-order valence-corrected chi connectivity index (χ3v) is 4.01. The van der Waals surface area contributed by atoms with Crippen LogP contribution in [0.25, 0.3) is 0 Å². The predicted molar refractivity (Wildman–Crippen MR) is 89.0 cm³/mol. The Kier molecular flexibility index (Phi) is 5.40. The molecule has 4 nitrogen and oxygen atoms in total. The molecule has 0 atom stereocenters. The minimum atomic E-state index is 0.855. The van der Waals surface area contributed by atoms with Gasteiger partial charge in [-0.25, -0.2) is 0 Å². The van der Waals surface area contributed by atoms with E-state index < -0.39 is 0 Å². The number of nitrogens with zero attached hydrogens (tertiary/aromatic N) is 3. The number of hydrogen-bond acceptors (Lipinski definition) is 4. The smallest absolute Gasteiger partial charge is 0.0594 e. The van der Waals surface area contributed by atoms with Crippen LogP contribution >= 0.6 is 0 Å². The molecule has 0 N–H and O–H groups in total. The number of anilines is 1. The van der Waals surface area contributed by atoms with Gasteiger partial charge in [0, 0.05) is 50.8 Å². The first-order valence-corrected chi connectivity index (χ1v) is 7.91. The van der Waals surface area contributed by atoms with Gasteiger partial charge >= 0.3 is 0 Å². The van der Waals surface area contributed by atoms with Crippen molar-refractivity contribution in [2.75, 3.05) is 44.3 Å². The van der Waals surface area contributed by atoms with Gasteiger partial charge in [0.15, 0.2) is 0 Å². The van der Waals surface area contributed by atoms with Crippen LogP contribution in [0.3, 0.4) is 0 Å². The summed E-state index contributed by atoms with van der Waals surface area (Å²) >= 11 is 0. The molecule has 1 aromatic heterocycles. The SMILES string of the molecule is c1ccc(N(CCN2CCOCC2)Cc2cccnc2)cc1. The van der Waals surface area contributed by atoms with Gasteiger partial charge < -0.3 is 9.64 Å². The van der Waals surface area contributed by atoms with Crippen molar-refractivity contribution in [1.29, 1.82) is 0 Å². The standard InChI is InChI=1S/C18H23N3O/c1-2-6-18(7-3-1)21(16-17-5-4-8-19-15-17)10-9-20-11-13-22-14-12-20/h1-8,15H,9-14,16H2. The van der Waals surface area contributed by atoms with Crippen molar-refractivity contribution in [3.63, 3.8) is 0 Å². The van der Waals surface area contributed by atoms with Crippen LogP contribution in [0.5, 0.6) is 0 Å². The molecule has 2 aromatic rings. The number of rotatable bonds is 6. The van der Waals surface area contributed by atoms with E-state index in [-0.39, 0.29) is 0 Å². The fourth-order valence-corrected chi connectivity index (χ4v) is 2.74. The van der Waals surface area contributed by atoms with Crippen LogP contribution in [-0.2, 0) is 11.3 Å². The van der Waals surface area contributed by atoms with Crippen molar-refractivity contribution in [1.82, 2.24) is 9.88 Å². The second-order valence-electron chi connectivity index (χ2n) is 5.57. The molecule has 1 fully saturated rings. The van der Waals surface area contributed by atoms with Crippen LogP contribution in [-0.4, -0.2) is 49.3 Å². The average molecular weight is 297 g/mol. The van der Waals surface area contributed by atoms with Crippen molar-refractivity contribution in [3.8, 4) is 0 Å². The van der Waals surface area contributed by atoms with Gasteiger partial charge in [-0.2, -0.15) is 0 Å². The van der Waals surface area contributed by atoms with Crippen LogP contribution in [0.2, 0.25) is 0 Å². The molecule has 0 spiro atoms. The van der Waals surface area contributed by atoms with Gasteiger partial charge in [-0.05, 0) is 23.8 Å². The summed E-state index contributed by atoms with van der Waals surface area (Å²) in [7, 11) is 0. The summed E-state index contributed by atoms with van der Waals surface area (Å²) in [6.07, 6.45) is 3.77. The largest absolute Gasteiger partial charge is 0.379 e. The Balaban J connectivity index is 1.66. The summed E-state index contributed by atoms with van der Waals surface area (Å²) < 4.78 is 5.42. The third kappa shape index (κ3) is 4.29. The van der Waals surface area contributed by atoms with Crippen LogP contribution < -0.4 is 4.90 Å². The highest BCUT2D eigenvalue weighted by Gasteiger charge is 2.13. The van der Waals surface area contributed by atoms with Crippen molar-refractivity contribution in [2.24, 2.45) is 0 Å². The summed E-state index contributed by atoms with van der Waals surface area (Å²) in [5, 5.41) is 0. The van der Waals surface area contributed by atoms with Gasteiger partial charge in [0.05, 0.1) is 13.2 Å². The number of aromatic nitrogens is 1. The van der Waals surface area contributed by atoms with Gasteiger partial charge in [0.2, 0.25) is 0 Å². The zero-order valence-corrected chi connectivity index (χ0v) is 12.9. The van der Waals surface area contributed by atoms with E-state index in [2.05, 4.69) is 51.2 Å². The lowest BCUT2D eigenvalue weighted by Crippen LogP contribution is -2.41. The molecule has 22 heavy (non-hydrogen) atoms. The summed E-state index contributed by atoms with van der Waals surface area (Å²) in [5.41, 5.74) is 2.51. The highest BCUT2D eigenvalue weighted by Crippen LogP contribution is 2.16. The molecule has 3 rings (SSSR count). The first kappa shape index (κ1) is 15.0. The topological polar surface area (TPSA) is 28.6 Å². The molecule has 0 amide bonds. The third-order valence-electron chi connectivity index (χ3n) is 4.01. The normalized spacial score (nSPS) is 15.6. The van der Waals surface area contributed by atoms with Gasteiger partial charge in [-0.15, -0.1) is 0 Å². The van der Waals surface area contributed by atoms with Gasteiger partial charge in [-0.3, -0.25) is 9.88 Å². The van der Waals surface area contributed by atoms with Gasteiger partial charge in [-0.1, -0.05) is 24.3 Å². The summed E-state index contributed by atoms with van der Waals surface area (Å²) in [6.45, 7) is 6.76. The van der Waals surface area contributed by atoms with Gasteiger partial charge in [0.25, 0.3) is 0 Å². The maximum Gasteiger partial charge on any atom is 0.0594 e. The number of morpholine rings is 1. The molecule has 0 radical (unpaired) electrons. The van der Waals surface area contributed by atoms with Crippen LogP contribution in [0, 0.1) is 0 Å². The van der Waals surface area contributed by atoms with Gasteiger partial charge in [0.1, 0.15) is 0 Å². The van der Waals surface area contributed by atoms with E-state index in [1.54, 1.807) is 0 Å². The Hall–Kier alpha value is -1.91. The Labute approximate surface area is 132 Å². The minimum absolute atomic E-state index is 0.855. The lowest BCUT2D eigenvalue weighted by molar-refractivity contribution is 0.0391. The Bertz CT molecular complexity index is 541. The molecule has 0 aliphatic carbocycles. The maximum atomic E-state index is 5.42. The number of ether oxygens (including phenoxy) is 1. The number of para-hydroxylation sites is 1. The lowest BCUT2D eigenvalue weighted by Gasteiger charge is -2.31. The molecule has 0 saturated carbocycles. The zero-order valence-electron chi connectivity index (χ0n) is 12.9. The molecule has 0 unspecified atom stereocenters. The summed E-state index contributed by atoms with van der Waals surface area (Å²) in [6, 6.07) is 14.7. The highest BCUT2D eigenvalue weighted by atomic mass is 16.5. The maximum absolute atomic E-state index is 5.42. The van der Waals surface area contributed by atoms with Crippen molar-refractivity contribution < 1.29 is 4.74 Å². The van der Waals surface area contributed by atoms with E-state index in [0.29, 0.717) is 0 Å². The van der Waals surface area contributed by atoms with E-state index in [1.807, 2.05) is 18.5 Å². The molecule has 4 heteroatoms. The fraction of sp³-hybridized carbons (Fsp3) is 0.389. The fourth-order valence-electron chi connectivity index (χ4n) is 2.74. The first-order valence-electron chi connectivity index (χ1n) is 7.91. The van der Waals surface area contributed by atoms with E-state index in [1.165, 1.54) is 11.3 Å². The Morgan fingerprint density at radius 2 is 1.86 bits per heavy atom. The predicted octanol–water partition coefficient (Wildman–Crippen LogP) is 2.42. The van der Waals surface area contributed by atoms with E-state index in [4.69, 9.17) is 4.74 Å². The van der Waals surface area contributed by atoms with E-state index in [0.717, 1.165) is 45.9 Å². The number of pyridine rings is 1. The molecule has 1 saturated heterocycles. The van der Waals surface area contributed by atoms with Crippen LogP contribution in [0.1, 0.15) is 5.56 Å². The second-order valence-corrected chi connectivity index (χ2v) is 5.57. The van der Waals surface area contributed by atoms with Crippen molar-refractivity contribution in [3.05, 3.63) is 60.4 Å². The molecular formula is C18H23N3O. The van der Waals surface area contributed by atoms with Crippen molar-refractivity contribution in [2.45, 2.75) is 6.54 Å². The number of hydrogen-bond donors (Lipinski definition) is 0. The monoisotopic (exact) mass is 297 g/mol. The summed E-state index contributed by atoms with van der Waals surface area (Å²) in [4.78, 5) is 9.13. The van der Waals surface area contributed by atoms with Crippen LogP contribution in [0.15, 0.2) is 54.9 Å². The highest BCUT2D eigenvalue weighted by molar-refractivity contribution is 5.46.